The van der Waals surface area contributed by atoms with Gasteiger partial charge in [-0.25, -0.2) is 9.59 Å². The lowest BCUT2D eigenvalue weighted by Crippen LogP contribution is -2.58. The lowest BCUT2D eigenvalue weighted by Gasteiger charge is -2.28. The van der Waals surface area contributed by atoms with Gasteiger partial charge < -0.3 is 30.7 Å². The second kappa shape index (κ2) is 9.99. The van der Waals surface area contributed by atoms with Crippen molar-refractivity contribution < 1.29 is 28.7 Å². The minimum Gasteiger partial charge on any atom is -0.444 e. The maximum absolute atomic E-state index is 12.3. The van der Waals surface area contributed by atoms with E-state index in [1.54, 1.807) is 69.2 Å². The van der Waals surface area contributed by atoms with E-state index >= 15 is 0 Å². The number of alkyl carbamates (subject to hydrolysis) is 2. The molecule has 0 fully saturated rings. The van der Waals surface area contributed by atoms with E-state index in [-0.39, 0.29) is 13.1 Å². The average Bonchev–Trinajstić information content (AvgIpc) is 2.45. The number of ether oxygens (including phenoxy) is 2. The zero-order valence-electron chi connectivity index (χ0n) is 19.9. The van der Waals surface area contributed by atoms with Crippen molar-refractivity contribution >= 4 is 24.0 Å². The van der Waals surface area contributed by atoms with Crippen LogP contribution in [0.1, 0.15) is 69.2 Å². The molecule has 10 heteroatoms. The molecule has 0 aliphatic heterocycles. The Balaban J connectivity index is 4.48. The molecule has 0 bridgehead atoms. The summed E-state index contributed by atoms with van der Waals surface area (Å²) in [7, 11) is 0. The Kier molecular flexibility index (Phi) is 9.15. The van der Waals surface area contributed by atoms with Crippen LogP contribution in [0, 0.1) is 0 Å². The summed E-state index contributed by atoms with van der Waals surface area (Å²) in [6, 6.07) is 0. The summed E-state index contributed by atoms with van der Waals surface area (Å²) in [5.74, 6) is -0.873. The van der Waals surface area contributed by atoms with Gasteiger partial charge in [-0.1, -0.05) is 0 Å². The Morgan fingerprint density at radius 2 is 0.833 bits per heavy atom. The molecule has 0 aromatic rings. The minimum atomic E-state index is -1.20. The highest BCUT2D eigenvalue weighted by atomic mass is 16.6. The van der Waals surface area contributed by atoms with Crippen LogP contribution >= 0.6 is 0 Å². The average molecular weight is 431 g/mol. The highest BCUT2D eigenvalue weighted by Gasteiger charge is 2.33. The Bertz CT molecular complexity index is 589. The fourth-order valence-corrected chi connectivity index (χ4v) is 2.03. The van der Waals surface area contributed by atoms with Crippen molar-refractivity contribution in [1.29, 1.82) is 0 Å². The van der Waals surface area contributed by atoms with Crippen LogP contribution in [0.15, 0.2) is 0 Å². The van der Waals surface area contributed by atoms with Crippen molar-refractivity contribution in [2.75, 3.05) is 13.1 Å². The van der Waals surface area contributed by atoms with Crippen LogP contribution in [0.5, 0.6) is 0 Å². The van der Waals surface area contributed by atoms with Gasteiger partial charge in [-0.2, -0.15) is 0 Å². The molecule has 0 aromatic heterocycles. The van der Waals surface area contributed by atoms with E-state index in [9.17, 15) is 19.2 Å². The predicted molar refractivity (Wildman–Crippen MR) is 113 cm³/mol. The maximum atomic E-state index is 12.3. The van der Waals surface area contributed by atoms with E-state index in [0.717, 1.165) is 0 Å². The number of carbonyl (C=O) groups is 4. The van der Waals surface area contributed by atoms with Gasteiger partial charge in [-0.15, -0.1) is 0 Å². The summed E-state index contributed by atoms with van der Waals surface area (Å²) in [6.45, 7) is 16.8. The van der Waals surface area contributed by atoms with Crippen molar-refractivity contribution in [3.05, 3.63) is 0 Å². The number of amides is 4. The Hall–Kier alpha value is -2.52. The number of hydrogen-bond donors (Lipinski definition) is 4. The van der Waals surface area contributed by atoms with Crippen LogP contribution in [0.3, 0.4) is 0 Å². The molecule has 0 aliphatic rings. The SMILES string of the molecule is CC(C)(C)OC(=O)NC(C)(C)C(=O)NCCNC(=O)C(C)(C)NC(=O)OC(C)(C)C. The molecule has 30 heavy (non-hydrogen) atoms. The van der Waals surface area contributed by atoms with Gasteiger partial charge in [0.15, 0.2) is 0 Å². The van der Waals surface area contributed by atoms with Gasteiger partial charge in [0.2, 0.25) is 11.8 Å². The zero-order chi connectivity index (χ0) is 24.0. The molecule has 4 N–H and O–H groups in total. The summed E-state index contributed by atoms with van der Waals surface area (Å²) >= 11 is 0. The normalized spacial score (nSPS) is 12.5. The third kappa shape index (κ3) is 11.5. The molecular weight excluding hydrogens is 392 g/mol. The number of nitrogens with one attached hydrogen (secondary N) is 4. The van der Waals surface area contributed by atoms with Crippen molar-refractivity contribution in [2.45, 2.75) is 91.5 Å². The highest BCUT2D eigenvalue weighted by Crippen LogP contribution is 2.10. The molecule has 4 amide bonds. The molecule has 0 atom stereocenters. The third-order valence-electron chi connectivity index (χ3n) is 3.46. The molecule has 0 aliphatic carbocycles. The zero-order valence-corrected chi connectivity index (χ0v) is 19.9. The minimum absolute atomic E-state index is 0.131. The van der Waals surface area contributed by atoms with Gasteiger partial charge in [0.05, 0.1) is 0 Å². The Morgan fingerprint density at radius 3 is 1.07 bits per heavy atom. The fourth-order valence-electron chi connectivity index (χ4n) is 2.03. The fraction of sp³-hybridized carbons (Fsp3) is 0.800. The van der Waals surface area contributed by atoms with E-state index in [2.05, 4.69) is 21.3 Å². The molecule has 0 radical (unpaired) electrons. The van der Waals surface area contributed by atoms with Crippen molar-refractivity contribution in [3.63, 3.8) is 0 Å². The number of rotatable bonds is 7. The molecule has 0 rings (SSSR count). The van der Waals surface area contributed by atoms with E-state index in [4.69, 9.17) is 9.47 Å². The van der Waals surface area contributed by atoms with Crippen LogP contribution in [0.2, 0.25) is 0 Å². The van der Waals surface area contributed by atoms with E-state index in [0.29, 0.717) is 0 Å². The quantitative estimate of drug-likeness (QED) is 0.455. The molecule has 0 saturated heterocycles. The molecule has 0 saturated carbocycles. The van der Waals surface area contributed by atoms with Crippen molar-refractivity contribution in [3.8, 4) is 0 Å². The van der Waals surface area contributed by atoms with Crippen LogP contribution in [-0.4, -0.2) is 59.4 Å². The van der Waals surface area contributed by atoms with Crippen molar-refractivity contribution in [1.82, 2.24) is 21.3 Å². The summed E-state index contributed by atoms with van der Waals surface area (Å²) in [5.41, 5.74) is -3.77. The molecule has 174 valence electrons. The van der Waals surface area contributed by atoms with Gasteiger partial charge in [0.1, 0.15) is 22.3 Å². The monoisotopic (exact) mass is 430 g/mol. The van der Waals surface area contributed by atoms with Gasteiger partial charge in [0.25, 0.3) is 0 Å². The largest absolute Gasteiger partial charge is 0.444 e. The highest BCUT2D eigenvalue weighted by molar-refractivity contribution is 5.90. The smallest absolute Gasteiger partial charge is 0.408 e. The van der Waals surface area contributed by atoms with Gasteiger partial charge in [-0.05, 0) is 69.2 Å². The first-order chi connectivity index (χ1) is 13.3. The molecule has 0 spiro atoms. The molecule has 0 heterocycles. The first-order valence-corrected chi connectivity index (χ1v) is 9.84. The summed E-state index contributed by atoms with van der Waals surface area (Å²) < 4.78 is 10.3. The molecule has 0 unspecified atom stereocenters. The Labute approximate surface area is 179 Å². The Morgan fingerprint density at radius 1 is 0.567 bits per heavy atom. The van der Waals surface area contributed by atoms with Crippen LogP contribution < -0.4 is 21.3 Å². The molecule has 0 aromatic carbocycles. The second-order valence-electron chi connectivity index (χ2n) is 10.0. The maximum Gasteiger partial charge on any atom is 0.408 e. The molecule has 10 nitrogen and oxygen atoms in total. The van der Waals surface area contributed by atoms with E-state index in [1.165, 1.54) is 0 Å². The lowest BCUT2D eigenvalue weighted by molar-refractivity contribution is -0.128. The van der Waals surface area contributed by atoms with Gasteiger partial charge in [-0.3, -0.25) is 9.59 Å². The van der Waals surface area contributed by atoms with E-state index in [1.807, 2.05) is 0 Å². The summed E-state index contributed by atoms with van der Waals surface area (Å²) in [6.07, 6.45) is -1.41. The van der Waals surface area contributed by atoms with Crippen LogP contribution in [0.4, 0.5) is 9.59 Å². The number of hydrogen-bond acceptors (Lipinski definition) is 6. The first-order valence-electron chi connectivity index (χ1n) is 9.84. The van der Waals surface area contributed by atoms with Crippen LogP contribution in [-0.2, 0) is 19.1 Å². The summed E-state index contributed by atoms with van der Waals surface area (Å²) in [4.78, 5) is 48.4. The van der Waals surface area contributed by atoms with E-state index < -0.39 is 46.3 Å². The lowest BCUT2D eigenvalue weighted by atomic mass is 10.0. The standard InChI is InChI=1S/C20H38N4O6/c1-17(2,3)29-15(27)23-19(7,8)13(25)21-11-12-22-14(26)20(9,10)24-16(28)30-18(4,5)6/h11-12H2,1-10H3,(H,21,25)(H,22,26)(H,23,27)(H,24,28). The van der Waals surface area contributed by atoms with Gasteiger partial charge in [0, 0.05) is 13.1 Å². The second-order valence-corrected chi connectivity index (χ2v) is 10.0. The summed E-state index contributed by atoms with van der Waals surface area (Å²) in [5, 5.41) is 10.3. The number of carbonyl (C=O) groups excluding carboxylic acids is 4. The molecular formula is C20H38N4O6. The van der Waals surface area contributed by atoms with Crippen LogP contribution in [0.25, 0.3) is 0 Å². The van der Waals surface area contributed by atoms with Gasteiger partial charge >= 0.3 is 12.2 Å². The predicted octanol–water partition coefficient (Wildman–Crippen LogP) is 1.83. The first kappa shape index (κ1) is 27.5. The third-order valence-corrected chi connectivity index (χ3v) is 3.46. The van der Waals surface area contributed by atoms with Crippen molar-refractivity contribution in [2.24, 2.45) is 0 Å². The topological polar surface area (TPSA) is 135 Å².